The number of amides is 4. The Bertz CT molecular complexity index is 1210. The first-order chi connectivity index (χ1) is 19.9. The number of hydrogen-bond acceptors (Lipinski definition) is 6. The maximum atomic E-state index is 13.9. The molecule has 2 saturated heterocycles. The zero-order chi connectivity index (χ0) is 28.8. The van der Waals surface area contributed by atoms with Crippen LogP contribution < -0.4 is 20.7 Å². The number of urea groups is 1. The zero-order valence-corrected chi connectivity index (χ0v) is 23.9. The Kier molecular flexibility index (Phi) is 9.41. The molecular formula is C31H41N5O5. The molecular weight excluding hydrogens is 522 g/mol. The molecule has 0 aliphatic carbocycles. The van der Waals surface area contributed by atoms with E-state index >= 15 is 0 Å². The average molecular weight is 564 g/mol. The first kappa shape index (κ1) is 28.9. The van der Waals surface area contributed by atoms with Crippen LogP contribution in [0.4, 0.5) is 4.79 Å². The monoisotopic (exact) mass is 563 g/mol. The minimum atomic E-state index is -0.689. The maximum absolute atomic E-state index is 13.9. The van der Waals surface area contributed by atoms with E-state index in [1.165, 1.54) is 0 Å². The number of carbonyl (C=O) groups is 3. The van der Waals surface area contributed by atoms with Crippen LogP contribution >= 0.6 is 0 Å². The van der Waals surface area contributed by atoms with Gasteiger partial charge in [0.1, 0.15) is 11.8 Å². The molecule has 2 aromatic carbocycles. The Morgan fingerprint density at radius 3 is 2.61 bits per heavy atom. The summed E-state index contributed by atoms with van der Waals surface area (Å²) in [6.07, 6.45) is 1.64. The topological polar surface area (TPSA) is 112 Å². The van der Waals surface area contributed by atoms with Gasteiger partial charge in [-0.2, -0.15) is 0 Å². The highest BCUT2D eigenvalue weighted by molar-refractivity contribution is 6.00. The van der Waals surface area contributed by atoms with Crippen molar-refractivity contribution in [3.8, 4) is 5.75 Å². The van der Waals surface area contributed by atoms with Crippen molar-refractivity contribution in [1.82, 2.24) is 25.8 Å². The number of para-hydroxylation sites is 1. The molecule has 3 aliphatic heterocycles. The van der Waals surface area contributed by atoms with Gasteiger partial charge in [-0.1, -0.05) is 42.5 Å². The van der Waals surface area contributed by atoms with Crippen molar-refractivity contribution in [2.45, 2.75) is 70.0 Å². The number of hydrogen-bond donors (Lipinski definition) is 3. The van der Waals surface area contributed by atoms with E-state index in [4.69, 9.17) is 9.47 Å². The van der Waals surface area contributed by atoms with Gasteiger partial charge >= 0.3 is 6.03 Å². The van der Waals surface area contributed by atoms with E-state index in [-0.39, 0.29) is 42.6 Å². The second-order valence-electron chi connectivity index (χ2n) is 11.4. The number of nitrogens with zero attached hydrogens (tertiary/aromatic N) is 2. The number of nitrogens with one attached hydrogen (secondary N) is 3. The lowest BCUT2D eigenvalue weighted by atomic mass is 9.96. The number of fused-ring (bicyclic) bond motifs is 4. The van der Waals surface area contributed by atoms with E-state index in [9.17, 15) is 14.4 Å². The Labute approximate surface area is 241 Å². The summed E-state index contributed by atoms with van der Waals surface area (Å²) in [4.78, 5) is 44.0. The Morgan fingerprint density at radius 1 is 1.02 bits per heavy atom. The predicted octanol–water partition coefficient (Wildman–Crippen LogP) is 2.54. The summed E-state index contributed by atoms with van der Waals surface area (Å²) in [5.74, 6) is 0.0684. The normalized spacial score (nSPS) is 25.7. The molecule has 10 heteroatoms. The number of rotatable bonds is 4. The second kappa shape index (κ2) is 13.4. The van der Waals surface area contributed by atoms with E-state index in [2.05, 4.69) is 33.0 Å². The Morgan fingerprint density at radius 2 is 1.80 bits per heavy atom. The Balaban J connectivity index is 1.38. The molecule has 0 aromatic heterocycles. The number of ether oxygens (including phenoxy) is 2. The maximum Gasteiger partial charge on any atom is 0.315 e. The SMILES string of the molecule is CC(C)NC(=O)N[C@@H]1CC[C@H]2CCOc3ccccc3C(=O)N3CCN(Cc4ccccc4)C[C@H]3C(=O)NC[C@H]1O2. The zero-order valence-electron chi connectivity index (χ0n) is 23.9. The van der Waals surface area contributed by atoms with Crippen LogP contribution in [0.2, 0.25) is 0 Å². The van der Waals surface area contributed by atoms with Crippen molar-refractivity contribution in [2.75, 3.05) is 32.8 Å². The minimum Gasteiger partial charge on any atom is -0.493 e. The van der Waals surface area contributed by atoms with Crippen molar-refractivity contribution in [1.29, 1.82) is 0 Å². The van der Waals surface area contributed by atoms with Gasteiger partial charge in [-0.05, 0) is 44.4 Å². The molecule has 3 aliphatic rings. The fourth-order valence-corrected chi connectivity index (χ4v) is 5.84. The van der Waals surface area contributed by atoms with Gasteiger partial charge in [-0.25, -0.2) is 4.79 Å². The Hall–Kier alpha value is -3.63. The standard InChI is InChI=1S/C31H41N5O5/c1-21(2)33-31(39)34-25-13-12-23-14-17-40-27-11-7-6-10-24(27)30(38)36-16-15-35(19-22-8-4-3-5-9-22)20-26(36)29(37)32-18-28(25)41-23/h3-11,21,23,25-26,28H,12-20H2,1-2H3,(H,32,37)(H2,33,34,39)/t23-,25+,26-,28+/m0/s1. The van der Waals surface area contributed by atoms with Crippen molar-refractivity contribution < 1.29 is 23.9 Å². The summed E-state index contributed by atoms with van der Waals surface area (Å²) >= 11 is 0. The van der Waals surface area contributed by atoms with Crippen LogP contribution in [0, 0.1) is 0 Å². The van der Waals surface area contributed by atoms with Crippen molar-refractivity contribution >= 4 is 17.8 Å². The average Bonchev–Trinajstić information content (AvgIpc) is 2.96. The molecule has 3 N–H and O–H groups in total. The quantitative estimate of drug-likeness (QED) is 0.527. The van der Waals surface area contributed by atoms with Crippen LogP contribution in [0.1, 0.15) is 49.0 Å². The van der Waals surface area contributed by atoms with Crippen LogP contribution in [0.15, 0.2) is 54.6 Å². The number of carbonyl (C=O) groups excluding carboxylic acids is 3. The smallest absolute Gasteiger partial charge is 0.315 e. The van der Waals surface area contributed by atoms with Crippen molar-refractivity contribution in [3.63, 3.8) is 0 Å². The highest BCUT2D eigenvalue weighted by Crippen LogP contribution is 2.26. The molecule has 220 valence electrons. The van der Waals surface area contributed by atoms with E-state index in [1.807, 2.05) is 44.2 Å². The first-order valence-electron chi connectivity index (χ1n) is 14.7. The second-order valence-corrected chi connectivity index (χ2v) is 11.4. The minimum absolute atomic E-state index is 0.00429. The van der Waals surface area contributed by atoms with Crippen LogP contribution in [-0.4, -0.2) is 90.8 Å². The van der Waals surface area contributed by atoms with Gasteiger partial charge in [0, 0.05) is 45.2 Å². The van der Waals surface area contributed by atoms with Gasteiger partial charge in [0.15, 0.2) is 0 Å². The van der Waals surface area contributed by atoms with Crippen molar-refractivity contribution in [3.05, 3.63) is 65.7 Å². The van der Waals surface area contributed by atoms with Gasteiger partial charge in [0.05, 0.1) is 30.4 Å². The van der Waals surface area contributed by atoms with Crippen LogP contribution in [-0.2, 0) is 16.1 Å². The van der Waals surface area contributed by atoms with E-state index in [0.717, 1.165) is 18.4 Å². The van der Waals surface area contributed by atoms with Crippen LogP contribution in [0.25, 0.3) is 0 Å². The van der Waals surface area contributed by atoms with Gasteiger partial charge in [-0.3, -0.25) is 14.5 Å². The molecule has 2 aromatic rings. The lowest BCUT2D eigenvalue weighted by molar-refractivity contribution is -0.130. The van der Waals surface area contributed by atoms with E-state index in [0.29, 0.717) is 50.5 Å². The molecule has 0 saturated carbocycles. The summed E-state index contributed by atoms with van der Waals surface area (Å²) in [6, 6.07) is 16.2. The fourth-order valence-electron chi connectivity index (χ4n) is 5.84. The van der Waals surface area contributed by atoms with Gasteiger partial charge in [0.25, 0.3) is 5.91 Å². The molecule has 10 nitrogen and oxygen atoms in total. The third-order valence-corrected chi connectivity index (χ3v) is 7.92. The largest absolute Gasteiger partial charge is 0.493 e. The predicted molar refractivity (Wildman–Crippen MR) is 155 cm³/mol. The molecule has 4 amide bonds. The van der Waals surface area contributed by atoms with Gasteiger partial charge in [0.2, 0.25) is 5.91 Å². The highest BCUT2D eigenvalue weighted by atomic mass is 16.5. The van der Waals surface area contributed by atoms with Gasteiger partial charge < -0.3 is 30.3 Å². The fraction of sp³-hybridized carbons (Fsp3) is 0.516. The van der Waals surface area contributed by atoms with Crippen molar-refractivity contribution in [2.24, 2.45) is 0 Å². The lowest BCUT2D eigenvalue weighted by Crippen LogP contribution is -2.62. The molecule has 5 rings (SSSR count). The van der Waals surface area contributed by atoms with Crippen LogP contribution in [0.3, 0.4) is 0 Å². The number of piperazine rings is 1. The first-order valence-corrected chi connectivity index (χ1v) is 14.7. The summed E-state index contributed by atoms with van der Waals surface area (Å²) < 4.78 is 12.5. The van der Waals surface area contributed by atoms with E-state index in [1.54, 1.807) is 17.0 Å². The molecule has 0 radical (unpaired) electrons. The molecule has 41 heavy (non-hydrogen) atoms. The van der Waals surface area contributed by atoms with Crippen LogP contribution in [0.5, 0.6) is 5.75 Å². The molecule has 0 spiro atoms. The molecule has 2 fully saturated rings. The third kappa shape index (κ3) is 7.37. The molecule has 4 atom stereocenters. The highest BCUT2D eigenvalue weighted by Gasteiger charge is 2.38. The molecule has 0 unspecified atom stereocenters. The summed E-state index contributed by atoms with van der Waals surface area (Å²) in [7, 11) is 0. The van der Waals surface area contributed by atoms with E-state index < -0.39 is 12.1 Å². The summed E-state index contributed by atoms with van der Waals surface area (Å²) in [6.45, 7) is 6.61. The summed E-state index contributed by atoms with van der Waals surface area (Å²) in [5.41, 5.74) is 1.62. The summed E-state index contributed by atoms with van der Waals surface area (Å²) in [5, 5.41) is 8.98. The molecule has 3 heterocycles. The number of benzene rings is 2. The lowest BCUT2D eigenvalue weighted by Gasteiger charge is -2.42. The van der Waals surface area contributed by atoms with Gasteiger partial charge in [-0.15, -0.1) is 0 Å². The third-order valence-electron chi connectivity index (χ3n) is 7.92. The molecule has 2 bridgehead atoms.